The van der Waals surface area contributed by atoms with Gasteiger partial charge in [-0.25, -0.2) is 4.39 Å². The molecule has 3 atom stereocenters. The van der Waals surface area contributed by atoms with Crippen LogP contribution in [0.25, 0.3) is 11.1 Å². The SMILES string of the molecule is CC1=C(c2cccc(O)c2)C(c2ccc(OCC(C)N3CCCC(F)C3)cc2)Oc2ccc(O)cc21. The second kappa shape index (κ2) is 10.2. The molecule has 0 radical (unpaired) electrons. The average Bonchev–Trinajstić information content (AvgIpc) is 2.88. The molecule has 0 aromatic heterocycles. The lowest BCUT2D eigenvalue weighted by Crippen LogP contribution is -2.44. The standard InChI is InChI=1S/C30H32FNO4/c1-19(32-14-4-6-23(31)17-32)18-35-26-11-8-21(9-12-26)30-29(22-5-3-7-24(33)15-22)20(2)27-16-25(34)10-13-28(27)36-30/h3,5,7-13,15-16,19,23,30,33-34H,4,6,14,17-18H2,1-2H3. The second-order valence-corrected chi connectivity index (χ2v) is 9.73. The fourth-order valence-electron chi connectivity index (χ4n) is 5.13. The molecule has 2 aliphatic heterocycles. The molecule has 6 heteroatoms. The molecule has 0 aliphatic carbocycles. The molecule has 1 fully saturated rings. The van der Waals surface area contributed by atoms with Crippen LogP contribution in [-0.4, -0.2) is 47.0 Å². The molecule has 0 amide bonds. The van der Waals surface area contributed by atoms with Gasteiger partial charge in [0, 0.05) is 23.7 Å². The van der Waals surface area contributed by atoms with Gasteiger partial charge >= 0.3 is 0 Å². The molecule has 36 heavy (non-hydrogen) atoms. The van der Waals surface area contributed by atoms with Gasteiger partial charge in [-0.3, -0.25) is 4.90 Å². The minimum absolute atomic E-state index is 0.140. The molecule has 3 aromatic carbocycles. The van der Waals surface area contributed by atoms with Gasteiger partial charge in [0.1, 0.15) is 41.9 Å². The zero-order valence-electron chi connectivity index (χ0n) is 20.7. The Balaban J connectivity index is 1.39. The van der Waals surface area contributed by atoms with E-state index in [1.807, 2.05) is 43.3 Å². The number of phenolic OH excluding ortho intramolecular Hbond substituents is 2. The number of piperidine rings is 1. The Labute approximate surface area is 211 Å². The third-order valence-corrected chi connectivity index (χ3v) is 7.13. The van der Waals surface area contributed by atoms with Crippen molar-refractivity contribution < 1.29 is 24.1 Å². The molecular formula is C30H32FNO4. The monoisotopic (exact) mass is 489 g/mol. The van der Waals surface area contributed by atoms with E-state index < -0.39 is 12.3 Å². The van der Waals surface area contributed by atoms with Gasteiger partial charge in [-0.05, 0) is 92.4 Å². The lowest BCUT2D eigenvalue weighted by atomic mass is 9.86. The van der Waals surface area contributed by atoms with Gasteiger partial charge in [-0.2, -0.15) is 0 Å². The van der Waals surface area contributed by atoms with E-state index in [1.54, 1.807) is 30.3 Å². The Bertz CT molecular complexity index is 1260. The highest BCUT2D eigenvalue weighted by Crippen LogP contribution is 2.47. The highest BCUT2D eigenvalue weighted by molar-refractivity contribution is 5.95. The number of alkyl halides is 1. The van der Waals surface area contributed by atoms with Crippen LogP contribution in [0.3, 0.4) is 0 Å². The van der Waals surface area contributed by atoms with Crippen molar-refractivity contribution in [3.8, 4) is 23.0 Å². The molecule has 2 aliphatic rings. The Morgan fingerprint density at radius 2 is 1.83 bits per heavy atom. The van der Waals surface area contributed by atoms with Gasteiger partial charge in [-0.1, -0.05) is 24.3 Å². The van der Waals surface area contributed by atoms with Gasteiger partial charge in [-0.15, -0.1) is 0 Å². The van der Waals surface area contributed by atoms with Crippen LogP contribution in [0, 0.1) is 0 Å². The molecule has 1 saturated heterocycles. The topological polar surface area (TPSA) is 62.2 Å². The zero-order chi connectivity index (χ0) is 25.2. The normalized spacial score (nSPS) is 21.0. The van der Waals surface area contributed by atoms with E-state index in [4.69, 9.17) is 9.47 Å². The summed E-state index contributed by atoms with van der Waals surface area (Å²) in [7, 11) is 0. The van der Waals surface area contributed by atoms with Gasteiger partial charge in [0.2, 0.25) is 0 Å². The highest BCUT2D eigenvalue weighted by atomic mass is 19.1. The largest absolute Gasteiger partial charge is 0.508 e. The molecule has 188 valence electrons. The number of hydrogen-bond donors (Lipinski definition) is 2. The van der Waals surface area contributed by atoms with Crippen LogP contribution in [0.2, 0.25) is 0 Å². The summed E-state index contributed by atoms with van der Waals surface area (Å²) in [5, 5.41) is 20.2. The third kappa shape index (κ3) is 5.05. The minimum Gasteiger partial charge on any atom is -0.508 e. The minimum atomic E-state index is -0.748. The van der Waals surface area contributed by atoms with Crippen molar-refractivity contribution in [2.45, 2.75) is 45.0 Å². The molecule has 5 rings (SSSR count). The van der Waals surface area contributed by atoms with Crippen LogP contribution >= 0.6 is 0 Å². The maximum Gasteiger partial charge on any atom is 0.150 e. The summed E-state index contributed by atoms with van der Waals surface area (Å²) in [5.41, 5.74) is 4.53. The average molecular weight is 490 g/mol. The van der Waals surface area contributed by atoms with Crippen LogP contribution in [-0.2, 0) is 0 Å². The van der Waals surface area contributed by atoms with Crippen molar-refractivity contribution in [1.29, 1.82) is 0 Å². The van der Waals surface area contributed by atoms with Crippen molar-refractivity contribution in [3.05, 3.63) is 83.4 Å². The van der Waals surface area contributed by atoms with Gasteiger partial charge in [0.05, 0.1) is 0 Å². The van der Waals surface area contributed by atoms with Crippen LogP contribution < -0.4 is 9.47 Å². The molecule has 0 saturated carbocycles. The predicted octanol–water partition coefficient (Wildman–Crippen LogP) is 6.36. The molecule has 2 heterocycles. The number of rotatable bonds is 6. The number of hydrogen-bond acceptors (Lipinski definition) is 5. The summed E-state index contributed by atoms with van der Waals surface area (Å²) in [6.45, 7) is 5.97. The lowest BCUT2D eigenvalue weighted by molar-refractivity contribution is 0.0801. The first-order valence-electron chi connectivity index (χ1n) is 12.5. The summed E-state index contributed by atoms with van der Waals surface area (Å²) < 4.78 is 26.3. The van der Waals surface area contributed by atoms with Crippen molar-refractivity contribution in [3.63, 3.8) is 0 Å². The molecular weight excluding hydrogens is 457 g/mol. The smallest absolute Gasteiger partial charge is 0.150 e. The third-order valence-electron chi connectivity index (χ3n) is 7.13. The number of benzene rings is 3. The van der Waals surface area contributed by atoms with Gasteiger partial charge < -0.3 is 19.7 Å². The lowest BCUT2D eigenvalue weighted by Gasteiger charge is -2.33. The number of ether oxygens (including phenoxy) is 2. The fourth-order valence-corrected chi connectivity index (χ4v) is 5.13. The fraction of sp³-hybridized carbons (Fsp3) is 0.333. The number of aromatic hydroxyl groups is 2. The van der Waals surface area contributed by atoms with Crippen molar-refractivity contribution in [2.75, 3.05) is 19.7 Å². The van der Waals surface area contributed by atoms with Crippen LogP contribution in [0.1, 0.15) is 49.5 Å². The summed E-state index contributed by atoms with van der Waals surface area (Å²) in [6.07, 6.45) is 0.395. The highest BCUT2D eigenvalue weighted by Gasteiger charge is 2.30. The number of phenols is 2. The first-order chi connectivity index (χ1) is 17.4. The van der Waals surface area contributed by atoms with Gasteiger partial charge in [0.15, 0.2) is 0 Å². The maximum atomic E-state index is 13.8. The van der Waals surface area contributed by atoms with Crippen LogP contribution in [0.15, 0.2) is 66.7 Å². The summed E-state index contributed by atoms with van der Waals surface area (Å²) in [6, 6.07) is 20.2. The van der Waals surface area contributed by atoms with E-state index in [9.17, 15) is 14.6 Å². The first kappa shape index (κ1) is 24.2. The molecule has 3 aromatic rings. The number of halogens is 1. The van der Waals surface area contributed by atoms with Crippen molar-refractivity contribution in [2.24, 2.45) is 0 Å². The molecule has 0 bridgehead atoms. The number of likely N-dealkylation sites (tertiary alicyclic amines) is 1. The van der Waals surface area contributed by atoms with E-state index in [0.717, 1.165) is 46.6 Å². The van der Waals surface area contributed by atoms with E-state index in [1.165, 1.54) is 0 Å². The summed E-state index contributed by atoms with van der Waals surface area (Å²) in [5.74, 6) is 1.80. The predicted molar refractivity (Wildman–Crippen MR) is 139 cm³/mol. The summed E-state index contributed by atoms with van der Waals surface area (Å²) in [4.78, 5) is 2.16. The molecule has 5 nitrogen and oxygen atoms in total. The van der Waals surface area contributed by atoms with Crippen LogP contribution in [0.5, 0.6) is 23.0 Å². The van der Waals surface area contributed by atoms with E-state index in [-0.39, 0.29) is 17.5 Å². The number of nitrogens with zero attached hydrogens (tertiary/aromatic N) is 1. The molecule has 2 N–H and O–H groups in total. The van der Waals surface area contributed by atoms with Crippen LogP contribution in [0.4, 0.5) is 4.39 Å². The van der Waals surface area contributed by atoms with E-state index in [2.05, 4.69) is 11.8 Å². The Hall–Kier alpha value is -3.51. The molecule has 0 spiro atoms. The van der Waals surface area contributed by atoms with Gasteiger partial charge in [0.25, 0.3) is 0 Å². The number of fused-ring (bicyclic) bond motifs is 1. The Morgan fingerprint density at radius 1 is 1.06 bits per heavy atom. The Kier molecular flexibility index (Phi) is 6.88. The summed E-state index contributed by atoms with van der Waals surface area (Å²) >= 11 is 0. The quantitative estimate of drug-likeness (QED) is 0.422. The number of allylic oxidation sites excluding steroid dienone is 1. The second-order valence-electron chi connectivity index (χ2n) is 9.73. The zero-order valence-corrected chi connectivity index (χ0v) is 20.7. The maximum absolute atomic E-state index is 13.8. The van der Waals surface area contributed by atoms with Crippen molar-refractivity contribution in [1.82, 2.24) is 4.90 Å². The molecule has 3 unspecified atom stereocenters. The van der Waals surface area contributed by atoms with E-state index >= 15 is 0 Å². The van der Waals surface area contributed by atoms with Crippen molar-refractivity contribution >= 4 is 11.1 Å². The Morgan fingerprint density at radius 3 is 2.58 bits per heavy atom. The van der Waals surface area contributed by atoms with E-state index in [0.29, 0.717) is 25.3 Å². The first-order valence-corrected chi connectivity index (χ1v) is 12.5.